The third kappa shape index (κ3) is 4.37. The predicted octanol–water partition coefficient (Wildman–Crippen LogP) is 3.88. The van der Waals surface area contributed by atoms with Gasteiger partial charge < -0.3 is 15.6 Å². The molecule has 2 amide bonds. The second-order valence-electron chi connectivity index (χ2n) is 7.18. The quantitative estimate of drug-likeness (QED) is 0.391. The van der Waals surface area contributed by atoms with Gasteiger partial charge in [0.05, 0.1) is 10.6 Å². The summed E-state index contributed by atoms with van der Waals surface area (Å²) in [5.74, 6) is -0.726. The standard InChI is InChI=1S/C21H20F2N6O2S/c1-11-17(18-24-7-8-29(18)20(22)23)32-21(26-11)28-19(31)16(27-12(2)30)9-13-10-25-15-6-4-3-5-14(13)15/h3-8,10,16,20,25H,9H2,1-2H3,(H,27,30)(H,26,28,31)/t16-/m1/s1. The molecule has 3 N–H and O–H groups in total. The van der Waals surface area contributed by atoms with Crippen molar-refractivity contribution in [3.05, 3.63) is 54.1 Å². The largest absolute Gasteiger partial charge is 0.361 e. The van der Waals surface area contributed by atoms with Gasteiger partial charge in [-0.15, -0.1) is 0 Å². The third-order valence-electron chi connectivity index (χ3n) is 4.90. The number of amides is 2. The molecule has 0 unspecified atom stereocenters. The highest BCUT2D eigenvalue weighted by Crippen LogP contribution is 2.33. The van der Waals surface area contributed by atoms with E-state index < -0.39 is 18.5 Å². The topological polar surface area (TPSA) is 105 Å². The van der Waals surface area contributed by atoms with Gasteiger partial charge in [-0.25, -0.2) is 9.97 Å². The number of para-hydroxylation sites is 1. The Bertz CT molecular complexity index is 1280. The second-order valence-corrected chi connectivity index (χ2v) is 8.17. The average molecular weight is 458 g/mol. The number of fused-ring (bicyclic) bond motifs is 1. The van der Waals surface area contributed by atoms with Crippen molar-refractivity contribution in [2.45, 2.75) is 32.9 Å². The summed E-state index contributed by atoms with van der Waals surface area (Å²) in [6, 6.07) is 6.82. The van der Waals surface area contributed by atoms with E-state index in [0.29, 0.717) is 10.6 Å². The number of aryl methyl sites for hydroxylation is 1. The first-order valence-electron chi connectivity index (χ1n) is 9.75. The molecule has 0 bridgehead atoms. The molecular weight excluding hydrogens is 438 g/mol. The van der Waals surface area contributed by atoms with Gasteiger partial charge in [-0.2, -0.15) is 8.78 Å². The minimum absolute atomic E-state index is 0.0766. The Kier molecular flexibility index (Phi) is 5.99. The number of alkyl halides is 2. The minimum Gasteiger partial charge on any atom is -0.361 e. The van der Waals surface area contributed by atoms with E-state index in [9.17, 15) is 18.4 Å². The molecule has 11 heteroatoms. The smallest absolute Gasteiger partial charge is 0.320 e. The second kappa shape index (κ2) is 8.87. The van der Waals surface area contributed by atoms with Crippen molar-refractivity contribution in [1.29, 1.82) is 0 Å². The lowest BCUT2D eigenvalue weighted by Crippen LogP contribution is -2.44. The van der Waals surface area contributed by atoms with E-state index in [1.165, 1.54) is 19.3 Å². The van der Waals surface area contributed by atoms with E-state index in [2.05, 4.69) is 25.6 Å². The monoisotopic (exact) mass is 458 g/mol. The Morgan fingerprint density at radius 3 is 2.81 bits per heavy atom. The normalized spacial score (nSPS) is 12.3. The van der Waals surface area contributed by atoms with Crippen molar-refractivity contribution in [3.63, 3.8) is 0 Å². The number of thiazole rings is 1. The lowest BCUT2D eigenvalue weighted by atomic mass is 10.0. The van der Waals surface area contributed by atoms with E-state index in [-0.39, 0.29) is 23.3 Å². The molecule has 0 aliphatic heterocycles. The number of nitrogens with one attached hydrogen (secondary N) is 3. The van der Waals surface area contributed by atoms with Gasteiger partial charge in [-0.1, -0.05) is 29.5 Å². The van der Waals surface area contributed by atoms with Gasteiger partial charge in [0.2, 0.25) is 11.8 Å². The molecule has 4 rings (SSSR count). The molecule has 0 spiro atoms. The van der Waals surface area contributed by atoms with Crippen molar-refractivity contribution in [2.24, 2.45) is 0 Å². The summed E-state index contributed by atoms with van der Waals surface area (Å²) in [6.07, 6.45) is 4.54. The lowest BCUT2D eigenvalue weighted by molar-refractivity contribution is -0.125. The highest BCUT2D eigenvalue weighted by atomic mass is 32.1. The van der Waals surface area contributed by atoms with Crippen molar-refractivity contribution in [3.8, 4) is 10.7 Å². The van der Waals surface area contributed by atoms with Crippen LogP contribution in [0.2, 0.25) is 0 Å². The maximum Gasteiger partial charge on any atom is 0.320 e. The summed E-state index contributed by atoms with van der Waals surface area (Å²) in [4.78, 5) is 36.6. The first-order valence-corrected chi connectivity index (χ1v) is 10.6. The summed E-state index contributed by atoms with van der Waals surface area (Å²) in [7, 11) is 0. The Hall–Kier alpha value is -3.60. The summed E-state index contributed by atoms with van der Waals surface area (Å²) in [6.45, 7) is 0.251. The molecule has 166 valence electrons. The van der Waals surface area contributed by atoms with Crippen LogP contribution in [0.4, 0.5) is 13.9 Å². The Morgan fingerprint density at radius 2 is 2.06 bits per heavy atom. The molecule has 1 atom stereocenters. The van der Waals surface area contributed by atoms with E-state index in [1.807, 2.05) is 30.5 Å². The minimum atomic E-state index is -2.74. The first-order chi connectivity index (χ1) is 15.3. The van der Waals surface area contributed by atoms with E-state index in [1.54, 1.807) is 6.92 Å². The van der Waals surface area contributed by atoms with Crippen LogP contribution in [0.3, 0.4) is 0 Å². The van der Waals surface area contributed by atoms with Crippen LogP contribution in [0.1, 0.15) is 24.7 Å². The first kappa shape index (κ1) is 21.6. The Labute approximate surface area is 185 Å². The maximum atomic E-state index is 13.2. The molecule has 0 aliphatic carbocycles. The predicted molar refractivity (Wildman–Crippen MR) is 118 cm³/mol. The zero-order valence-electron chi connectivity index (χ0n) is 17.2. The number of rotatable bonds is 7. The van der Waals surface area contributed by atoms with E-state index in [0.717, 1.165) is 32.4 Å². The van der Waals surface area contributed by atoms with Gasteiger partial charge in [-0.3, -0.25) is 14.2 Å². The fraction of sp³-hybridized carbons (Fsp3) is 0.238. The third-order valence-corrected chi connectivity index (χ3v) is 5.97. The fourth-order valence-corrected chi connectivity index (χ4v) is 4.44. The van der Waals surface area contributed by atoms with Crippen LogP contribution in [0.25, 0.3) is 21.6 Å². The molecule has 0 radical (unpaired) electrons. The van der Waals surface area contributed by atoms with Crippen LogP contribution < -0.4 is 10.6 Å². The Morgan fingerprint density at radius 1 is 1.28 bits per heavy atom. The Balaban J connectivity index is 1.56. The molecule has 0 saturated carbocycles. The molecule has 3 aromatic heterocycles. The number of hydrogen-bond donors (Lipinski definition) is 3. The fourth-order valence-electron chi connectivity index (χ4n) is 3.47. The van der Waals surface area contributed by atoms with E-state index in [4.69, 9.17) is 0 Å². The molecule has 4 aromatic rings. The molecular formula is C21H20F2N6O2S. The maximum absolute atomic E-state index is 13.2. The number of imidazole rings is 1. The number of carbonyl (C=O) groups is 2. The summed E-state index contributed by atoms with van der Waals surface area (Å²) in [5, 5.41) is 6.57. The van der Waals surface area contributed by atoms with Crippen molar-refractivity contribution in [2.75, 3.05) is 5.32 Å². The SMILES string of the molecule is CC(=O)N[C@H](Cc1c[nH]c2ccccc12)C(=O)Nc1nc(C)c(-c2nccn2C(F)F)s1. The van der Waals surface area contributed by atoms with Crippen LogP contribution in [0.15, 0.2) is 42.9 Å². The van der Waals surface area contributed by atoms with Gasteiger partial charge in [0.25, 0.3) is 0 Å². The number of carbonyl (C=O) groups excluding carboxylic acids is 2. The number of nitrogens with zero attached hydrogens (tertiary/aromatic N) is 3. The molecule has 1 aromatic carbocycles. The van der Waals surface area contributed by atoms with Crippen LogP contribution in [-0.4, -0.2) is 37.4 Å². The number of H-pyrrole nitrogens is 1. The number of aromatic nitrogens is 4. The van der Waals surface area contributed by atoms with Crippen LogP contribution >= 0.6 is 11.3 Å². The van der Waals surface area contributed by atoms with E-state index >= 15 is 0 Å². The number of benzene rings is 1. The van der Waals surface area contributed by atoms with Crippen LogP contribution in [0.5, 0.6) is 0 Å². The van der Waals surface area contributed by atoms with Gasteiger partial charge in [0.15, 0.2) is 11.0 Å². The summed E-state index contributed by atoms with van der Waals surface area (Å²) >= 11 is 1.05. The number of hydrogen-bond acceptors (Lipinski definition) is 5. The van der Waals surface area contributed by atoms with Crippen molar-refractivity contribution < 1.29 is 18.4 Å². The molecule has 8 nitrogen and oxygen atoms in total. The van der Waals surface area contributed by atoms with Gasteiger partial charge in [0, 0.05) is 42.8 Å². The molecule has 0 aliphatic rings. The highest BCUT2D eigenvalue weighted by molar-refractivity contribution is 7.19. The number of halogens is 2. The zero-order valence-corrected chi connectivity index (χ0v) is 18.0. The number of aromatic amines is 1. The molecule has 32 heavy (non-hydrogen) atoms. The molecule has 0 fully saturated rings. The summed E-state index contributed by atoms with van der Waals surface area (Å²) in [5.41, 5.74) is 2.27. The highest BCUT2D eigenvalue weighted by Gasteiger charge is 2.24. The average Bonchev–Trinajstić information content (AvgIpc) is 3.46. The summed E-state index contributed by atoms with van der Waals surface area (Å²) < 4.78 is 27.2. The van der Waals surface area contributed by atoms with Crippen LogP contribution in [0, 0.1) is 6.92 Å². The molecule has 3 heterocycles. The van der Waals surface area contributed by atoms with Crippen LogP contribution in [-0.2, 0) is 16.0 Å². The van der Waals surface area contributed by atoms with Gasteiger partial charge >= 0.3 is 6.55 Å². The zero-order chi connectivity index (χ0) is 22.8. The van der Waals surface area contributed by atoms with Crippen molar-refractivity contribution >= 4 is 39.2 Å². The van der Waals surface area contributed by atoms with Crippen molar-refractivity contribution in [1.82, 2.24) is 24.8 Å². The molecule has 0 saturated heterocycles. The lowest BCUT2D eigenvalue weighted by Gasteiger charge is -2.16. The van der Waals surface area contributed by atoms with Gasteiger partial charge in [-0.05, 0) is 18.6 Å². The number of anilines is 1. The van der Waals surface area contributed by atoms with Gasteiger partial charge in [0.1, 0.15) is 6.04 Å².